The molecule has 1 aliphatic carbocycles. The Morgan fingerprint density at radius 2 is 1.22 bits per heavy atom. The van der Waals surface area contributed by atoms with Crippen molar-refractivity contribution in [1.82, 2.24) is 15.0 Å². The molecule has 58 heavy (non-hydrogen) atoms. The van der Waals surface area contributed by atoms with Gasteiger partial charge in [0.25, 0.3) is 0 Å². The lowest BCUT2D eigenvalue weighted by molar-refractivity contribution is 0.848. The summed E-state index contributed by atoms with van der Waals surface area (Å²) in [6, 6.07) is 64.9. The third kappa shape index (κ3) is 6.00. The third-order valence-electron chi connectivity index (χ3n) is 11.5. The molecule has 0 N–H and O–H groups in total. The average Bonchev–Trinajstić information content (AvgIpc) is 3.31. The largest absolute Gasteiger partial charge is 0.264 e. The summed E-state index contributed by atoms with van der Waals surface area (Å²) >= 11 is 0. The number of rotatable bonds is 6. The number of fused-ring (bicyclic) bond motifs is 6. The van der Waals surface area contributed by atoms with Crippen LogP contribution in [0.1, 0.15) is 23.6 Å². The molecular weight excluding hydrogens is 703 g/mol. The molecule has 2 aromatic heterocycles. The van der Waals surface area contributed by atoms with Gasteiger partial charge in [-0.2, -0.15) is 0 Å². The van der Waals surface area contributed by atoms with Crippen LogP contribution in [-0.2, 0) is 0 Å². The molecule has 8 aromatic carbocycles. The van der Waals surface area contributed by atoms with E-state index < -0.39 is 0 Å². The molecule has 1 aliphatic rings. The summed E-state index contributed by atoms with van der Waals surface area (Å²) in [5.41, 5.74) is 10.7. The Morgan fingerprint density at radius 1 is 0.517 bits per heavy atom. The van der Waals surface area contributed by atoms with Crippen LogP contribution in [0.3, 0.4) is 0 Å². The van der Waals surface area contributed by atoms with Crippen LogP contribution in [0.25, 0.3) is 93.6 Å². The van der Waals surface area contributed by atoms with E-state index in [9.17, 15) is 0 Å². The van der Waals surface area contributed by atoms with Gasteiger partial charge in [0.15, 0.2) is 5.82 Å². The van der Waals surface area contributed by atoms with E-state index in [-0.39, 0.29) is 5.92 Å². The van der Waals surface area contributed by atoms with Crippen LogP contribution in [0, 0.1) is 12.1 Å². The molecule has 2 heterocycles. The van der Waals surface area contributed by atoms with Crippen molar-refractivity contribution in [1.29, 1.82) is 0 Å². The minimum Gasteiger partial charge on any atom is -0.264 e. The second-order valence-corrected chi connectivity index (χ2v) is 15.0. The van der Waals surface area contributed by atoms with Crippen molar-refractivity contribution in [3.05, 3.63) is 218 Å². The molecule has 10 aromatic rings. The molecular formula is C55H35N3. The first-order chi connectivity index (χ1) is 28.7. The maximum atomic E-state index is 5.29. The van der Waals surface area contributed by atoms with E-state index >= 15 is 0 Å². The molecule has 3 heteroatoms. The van der Waals surface area contributed by atoms with Gasteiger partial charge < -0.3 is 0 Å². The second kappa shape index (κ2) is 14.1. The number of allylic oxidation sites excluding steroid dienone is 4. The first-order valence-corrected chi connectivity index (χ1v) is 19.8. The molecule has 270 valence electrons. The predicted molar refractivity (Wildman–Crippen MR) is 240 cm³/mol. The zero-order valence-corrected chi connectivity index (χ0v) is 31.6. The van der Waals surface area contributed by atoms with Crippen LogP contribution < -0.4 is 0 Å². The van der Waals surface area contributed by atoms with E-state index in [1.165, 1.54) is 48.8 Å². The molecule has 0 spiro atoms. The SMILES string of the molecule is c1ccc2c(c#1)c(-c1cccc(-c3cc(C4=CCC(c5cccnc5)C=C4)nc(-c4ccc(-c5cc6ccccc6c6ccccc56)cc4)n3)c1)cc1ccccc12. The van der Waals surface area contributed by atoms with E-state index in [4.69, 9.17) is 9.97 Å². The first kappa shape index (κ1) is 33.6. The summed E-state index contributed by atoms with van der Waals surface area (Å²) < 4.78 is 0. The van der Waals surface area contributed by atoms with Crippen molar-refractivity contribution < 1.29 is 0 Å². The Balaban J connectivity index is 1.02. The molecule has 0 bridgehead atoms. The van der Waals surface area contributed by atoms with Crippen molar-refractivity contribution in [3.63, 3.8) is 0 Å². The van der Waals surface area contributed by atoms with Gasteiger partial charge in [0.05, 0.1) is 11.4 Å². The summed E-state index contributed by atoms with van der Waals surface area (Å²) in [4.78, 5) is 14.9. The highest BCUT2D eigenvalue weighted by Gasteiger charge is 2.18. The monoisotopic (exact) mass is 737 g/mol. The van der Waals surface area contributed by atoms with Gasteiger partial charge in [-0.05, 0) is 120 Å². The van der Waals surface area contributed by atoms with Crippen LogP contribution >= 0.6 is 0 Å². The van der Waals surface area contributed by atoms with Gasteiger partial charge >= 0.3 is 0 Å². The van der Waals surface area contributed by atoms with Gasteiger partial charge in [0.2, 0.25) is 0 Å². The Morgan fingerprint density at radius 3 is 2.00 bits per heavy atom. The van der Waals surface area contributed by atoms with Gasteiger partial charge in [0, 0.05) is 34.8 Å². The van der Waals surface area contributed by atoms with E-state index in [2.05, 4.69) is 187 Å². The predicted octanol–water partition coefficient (Wildman–Crippen LogP) is 13.9. The zero-order valence-electron chi connectivity index (χ0n) is 31.6. The Hall–Kier alpha value is -7.67. The van der Waals surface area contributed by atoms with Gasteiger partial charge in [-0.3, -0.25) is 4.98 Å². The quantitative estimate of drug-likeness (QED) is 0.160. The van der Waals surface area contributed by atoms with Crippen molar-refractivity contribution in [2.75, 3.05) is 0 Å². The number of benzene rings is 7. The van der Waals surface area contributed by atoms with Gasteiger partial charge in [-0.15, -0.1) is 0 Å². The van der Waals surface area contributed by atoms with E-state index in [1.807, 2.05) is 24.5 Å². The minimum absolute atomic E-state index is 0.277. The van der Waals surface area contributed by atoms with Gasteiger partial charge in [-0.25, -0.2) is 9.97 Å². The summed E-state index contributed by atoms with van der Waals surface area (Å²) in [6.45, 7) is 0. The maximum Gasteiger partial charge on any atom is 0.160 e. The summed E-state index contributed by atoms with van der Waals surface area (Å²) in [5, 5.41) is 9.64. The molecule has 0 amide bonds. The zero-order chi connectivity index (χ0) is 38.4. The summed E-state index contributed by atoms with van der Waals surface area (Å²) in [5.74, 6) is 0.968. The van der Waals surface area contributed by atoms with E-state index in [0.717, 1.165) is 56.6 Å². The van der Waals surface area contributed by atoms with Crippen LogP contribution in [0.4, 0.5) is 0 Å². The Labute approximate surface area is 337 Å². The van der Waals surface area contributed by atoms with Crippen LogP contribution in [0.5, 0.6) is 0 Å². The Kier molecular flexibility index (Phi) is 8.19. The van der Waals surface area contributed by atoms with E-state index in [0.29, 0.717) is 5.82 Å². The fraction of sp³-hybridized carbons (Fsp3) is 0.0364. The fourth-order valence-electron chi connectivity index (χ4n) is 8.61. The number of hydrogen-bond acceptors (Lipinski definition) is 3. The summed E-state index contributed by atoms with van der Waals surface area (Å²) in [7, 11) is 0. The molecule has 0 saturated heterocycles. The highest BCUT2D eigenvalue weighted by Crippen LogP contribution is 2.39. The number of nitrogens with zero attached hydrogens (tertiary/aromatic N) is 3. The molecule has 1 atom stereocenters. The van der Waals surface area contributed by atoms with Crippen molar-refractivity contribution in [2.24, 2.45) is 0 Å². The maximum absolute atomic E-state index is 5.29. The number of pyridine rings is 1. The smallest absolute Gasteiger partial charge is 0.160 e. The van der Waals surface area contributed by atoms with E-state index in [1.54, 1.807) is 0 Å². The van der Waals surface area contributed by atoms with Crippen molar-refractivity contribution >= 4 is 48.7 Å². The van der Waals surface area contributed by atoms with Crippen LogP contribution in [-0.4, -0.2) is 15.0 Å². The second-order valence-electron chi connectivity index (χ2n) is 15.0. The van der Waals surface area contributed by atoms with Gasteiger partial charge in [-0.1, -0.05) is 152 Å². The molecule has 0 radical (unpaired) electrons. The Bertz CT molecular complexity index is 3250. The molecule has 1 unspecified atom stereocenters. The van der Waals surface area contributed by atoms with Crippen LogP contribution in [0.15, 0.2) is 194 Å². The number of hydrogen-bond donors (Lipinski definition) is 0. The molecule has 0 saturated carbocycles. The van der Waals surface area contributed by atoms with Crippen molar-refractivity contribution in [2.45, 2.75) is 12.3 Å². The fourth-order valence-corrected chi connectivity index (χ4v) is 8.61. The minimum atomic E-state index is 0.277. The molecule has 3 nitrogen and oxygen atoms in total. The molecule has 0 fully saturated rings. The average molecular weight is 738 g/mol. The number of aromatic nitrogens is 3. The first-order valence-electron chi connectivity index (χ1n) is 19.8. The normalized spacial score (nSPS) is 13.9. The highest BCUT2D eigenvalue weighted by molar-refractivity contribution is 6.14. The molecule has 11 rings (SSSR count). The lowest BCUT2D eigenvalue weighted by Crippen LogP contribution is -2.02. The van der Waals surface area contributed by atoms with Crippen molar-refractivity contribution in [3.8, 4) is 44.9 Å². The lowest BCUT2D eigenvalue weighted by Gasteiger charge is -2.17. The van der Waals surface area contributed by atoms with Gasteiger partial charge in [0.1, 0.15) is 0 Å². The summed E-state index contributed by atoms with van der Waals surface area (Å²) in [6.07, 6.45) is 11.4. The highest BCUT2D eigenvalue weighted by atomic mass is 14.9. The lowest BCUT2D eigenvalue weighted by atomic mass is 9.90. The van der Waals surface area contributed by atoms with Crippen LogP contribution in [0.2, 0.25) is 0 Å². The topological polar surface area (TPSA) is 38.7 Å². The standard InChI is InChI=1S/C55H35N3/c1-3-16-45-41(11-1)32-51(49-20-7-5-18-47(45)49)37-24-28-39(29-25-37)55-57-53(38-26-22-36(23-27-38)44-15-10-30-56-35-44)34-54(58-55)43-14-9-13-40(31-43)52-33-42-12-2-4-17-46(42)48-19-6-8-21-50(48)52/h1-7,9-20,22,24-36H,23H2. The molecule has 0 aliphatic heterocycles. The third-order valence-corrected chi connectivity index (χ3v) is 11.5.